The van der Waals surface area contributed by atoms with E-state index in [1.807, 2.05) is 32.0 Å². The van der Waals surface area contributed by atoms with E-state index in [2.05, 4.69) is 0 Å². The molecule has 0 aromatic heterocycles. The van der Waals surface area contributed by atoms with E-state index in [1.165, 1.54) is 12.1 Å². The fourth-order valence-electron chi connectivity index (χ4n) is 2.10. The van der Waals surface area contributed by atoms with Crippen molar-refractivity contribution in [2.45, 2.75) is 26.4 Å². The Balaban J connectivity index is 2.59. The van der Waals surface area contributed by atoms with Gasteiger partial charge in [0.25, 0.3) is 0 Å². The maximum absolute atomic E-state index is 13.6. The molecule has 2 aromatic carbocycles. The molecular weight excluding hydrogens is 298 g/mol. The van der Waals surface area contributed by atoms with Gasteiger partial charge in [0, 0.05) is 10.6 Å². The molecule has 0 spiro atoms. The summed E-state index contributed by atoms with van der Waals surface area (Å²) >= 11 is 11.8. The number of hydrogen-bond acceptors (Lipinski definition) is 1. The molecule has 0 amide bonds. The molecule has 0 heterocycles. The van der Waals surface area contributed by atoms with E-state index in [-0.39, 0.29) is 10.0 Å². The predicted octanol–water partition coefficient (Wildman–Crippen LogP) is 5.01. The van der Waals surface area contributed by atoms with E-state index < -0.39 is 11.4 Å². The fraction of sp³-hybridized carbons (Fsp3) is 0.250. The monoisotopic (exact) mass is 312 g/mol. The largest absolute Gasteiger partial charge is 0.381 e. The van der Waals surface area contributed by atoms with Crippen LogP contribution >= 0.6 is 23.2 Å². The van der Waals surface area contributed by atoms with Crippen molar-refractivity contribution in [3.63, 3.8) is 0 Å². The van der Waals surface area contributed by atoms with Gasteiger partial charge < -0.3 is 5.11 Å². The second-order valence-corrected chi connectivity index (χ2v) is 5.93. The first-order valence-corrected chi connectivity index (χ1v) is 6.94. The zero-order valence-electron chi connectivity index (χ0n) is 11.5. The molecule has 2 rings (SSSR count). The van der Waals surface area contributed by atoms with Crippen molar-refractivity contribution >= 4 is 23.2 Å². The van der Waals surface area contributed by atoms with Gasteiger partial charge in [-0.3, -0.25) is 0 Å². The SMILES string of the molecule is Cc1ccc(C(C)(O)c2cc(F)c(Cl)cc2Cl)cc1C. The Hall–Kier alpha value is -1.09. The lowest BCUT2D eigenvalue weighted by Crippen LogP contribution is -2.23. The van der Waals surface area contributed by atoms with Crippen LogP contribution in [0.25, 0.3) is 0 Å². The molecule has 1 nitrogen and oxygen atoms in total. The van der Waals surface area contributed by atoms with Gasteiger partial charge in [-0.1, -0.05) is 41.4 Å². The third kappa shape index (κ3) is 2.69. The summed E-state index contributed by atoms with van der Waals surface area (Å²) in [5.41, 5.74) is 1.74. The summed E-state index contributed by atoms with van der Waals surface area (Å²) in [6.07, 6.45) is 0. The molecule has 1 unspecified atom stereocenters. The highest BCUT2D eigenvalue weighted by atomic mass is 35.5. The lowest BCUT2D eigenvalue weighted by molar-refractivity contribution is 0.102. The third-order valence-electron chi connectivity index (χ3n) is 3.60. The number of aliphatic hydroxyl groups is 1. The summed E-state index contributed by atoms with van der Waals surface area (Å²) in [5.74, 6) is -0.602. The fourth-order valence-corrected chi connectivity index (χ4v) is 2.66. The lowest BCUT2D eigenvalue weighted by Gasteiger charge is -2.26. The zero-order valence-corrected chi connectivity index (χ0v) is 13.0. The maximum Gasteiger partial charge on any atom is 0.142 e. The smallest absolute Gasteiger partial charge is 0.142 e. The van der Waals surface area contributed by atoms with Crippen molar-refractivity contribution in [1.29, 1.82) is 0 Å². The van der Waals surface area contributed by atoms with Gasteiger partial charge in [-0.05, 0) is 49.6 Å². The normalized spacial score (nSPS) is 14.2. The first-order valence-electron chi connectivity index (χ1n) is 6.18. The summed E-state index contributed by atoms with van der Waals surface area (Å²) in [5, 5.41) is 10.9. The van der Waals surface area contributed by atoms with Crippen LogP contribution in [-0.4, -0.2) is 5.11 Å². The molecule has 1 atom stereocenters. The van der Waals surface area contributed by atoms with Crippen molar-refractivity contribution < 1.29 is 9.50 Å². The van der Waals surface area contributed by atoms with E-state index in [1.54, 1.807) is 6.92 Å². The van der Waals surface area contributed by atoms with Gasteiger partial charge in [0.05, 0.1) is 5.02 Å². The Morgan fingerprint density at radius 1 is 1.00 bits per heavy atom. The van der Waals surface area contributed by atoms with Crippen molar-refractivity contribution in [3.05, 3.63) is 68.4 Å². The minimum Gasteiger partial charge on any atom is -0.381 e. The Kier molecular flexibility index (Phi) is 4.10. The van der Waals surface area contributed by atoms with Crippen LogP contribution in [-0.2, 0) is 5.60 Å². The lowest BCUT2D eigenvalue weighted by atomic mass is 9.86. The molecule has 0 bridgehead atoms. The molecule has 1 N–H and O–H groups in total. The van der Waals surface area contributed by atoms with Gasteiger partial charge in [-0.2, -0.15) is 0 Å². The van der Waals surface area contributed by atoms with Crippen LogP contribution in [0.2, 0.25) is 10.0 Å². The van der Waals surface area contributed by atoms with Crippen LogP contribution < -0.4 is 0 Å². The number of halogens is 3. The average Bonchev–Trinajstić information content (AvgIpc) is 2.36. The first kappa shape index (κ1) is 15.3. The minimum atomic E-state index is -1.39. The average molecular weight is 313 g/mol. The summed E-state index contributed by atoms with van der Waals surface area (Å²) in [7, 11) is 0. The van der Waals surface area contributed by atoms with Crippen LogP contribution in [0.1, 0.15) is 29.2 Å². The highest BCUT2D eigenvalue weighted by Crippen LogP contribution is 2.36. The number of aryl methyl sites for hydroxylation is 2. The van der Waals surface area contributed by atoms with Crippen molar-refractivity contribution in [1.82, 2.24) is 0 Å². The Labute approximate surface area is 128 Å². The molecular formula is C16H15Cl2FO. The van der Waals surface area contributed by atoms with Gasteiger partial charge in [0.1, 0.15) is 11.4 Å². The second kappa shape index (κ2) is 5.36. The predicted molar refractivity (Wildman–Crippen MR) is 81.0 cm³/mol. The van der Waals surface area contributed by atoms with Crippen molar-refractivity contribution in [3.8, 4) is 0 Å². The van der Waals surface area contributed by atoms with Crippen LogP contribution in [0.15, 0.2) is 30.3 Å². The van der Waals surface area contributed by atoms with Gasteiger partial charge in [0.2, 0.25) is 0 Å². The molecule has 0 radical (unpaired) electrons. The molecule has 0 aliphatic heterocycles. The molecule has 0 fully saturated rings. The Morgan fingerprint density at radius 2 is 1.65 bits per heavy atom. The van der Waals surface area contributed by atoms with Gasteiger partial charge in [-0.15, -0.1) is 0 Å². The van der Waals surface area contributed by atoms with Gasteiger partial charge >= 0.3 is 0 Å². The van der Waals surface area contributed by atoms with E-state index in [9.17, 15) is 9.50 Å². The van der Waals surface area contributed by atoms with E-state index >= 15 is 0 Å². The zero-order chi connectivity index (χ0) is 15.1. The molecule has 2 aromatic rings. The quantitative estimate of drug-likeness (QED) is 0.773. The Morgan fingerprint density at radius 3 is 2.25 bits per heavy atom. The highest BCUT2D eigenvalue weighted by molar-refractivity contribution is 6.35. The standard InChI is InChI=1S/C16H15Cl2FO/c1-9-4-5-11(6-10(9)2)16(3,20)12-7-15(19)14(18)8-13(12)17/h4-8,20H,1-3H3. The molecule has 106 valence electrons. The molecule has 0 aliphatic rings. The number of benzene rings is 2. The number of hydrogen-bond donors (Lipinski definition) is 1. The highest BCUT2D eigenvalue weighted by Gasteiger charge is 2.29. The van der Waals surface area contributed by atoms with Crippen molar-refractivity contribution in [2.75, 3.05) is 0 Å². The van der Waals surface area contributed by atoms with E-state index in [0.717, 1.165) is 11.1 Å². The van der Waals surface area contributed by atoms with Crippen LogP contribution in [0, 0.1) is 19.7 Å². The topological polar surface area (TPSA) is 20.2 Å². The van der Waals surface area contributed by atoms with Crippen LogP contribution in [0.3, 0.4) is 0 Å². The second-order valence-electron chi connectivity index (χ2n) is 5.12. The van der Waals surface area contributed by atoms with E-state index in [4.69, 9.17) is 23.2 Å². The first-order chi connectivity index (χ1) is 9.23. The molecule has 0 aliphatic carbocycles. The number of rotatable bonds is 2. The van der Waals surface area contributed by atoms with Crippen LogP contribution in [0.4, 0.5) is 4.39 Å². The minimum absolute atomic E-state index is 0.0605. The molecule has 0 saturated carbocycles. The molecule has 0 saturated heterocycles. The summed E-state index contributed by atoms with van der Waals surface area (Å²) in [6.45, 7) is 5.54. The van der Waals surface area contributed by atoms with Crippen LogP contribution in [0.5, 0.6) is 0 Å². The third-order valence-corrected chi connectivity index (χ3v) is 4.21. The summed E-state index contributed by atoms with van der Waals surface area (Å²) in [4.78, 5) is 0. The van der Waals surface area contributed by atoms with E-state index in [0.29, 0.717) is 11.1 Å². The van der Waals surface area contributed by atoms with Gasteiger partial charge in [-0.25, -0.2) is 4.39 Å². The van der Waals surface area contributed by atoms with Gasteiger partial charge in [0.15, 0.2) is 0 Å². The summed E-state index contributed by atoms with van der Waals surface area (Å²) in [6, 6.07) is 8.09. The molecule has 4 heteroatoms. The maximum atomic E-state index is 13.6. The Bertz CT molecular complexity index is 666. The van der Waals surface area contributed by atoms with Crippen molar-refractivity contribution in [2.24, 2.45) is 0 Å². The molecule has 20 heavy (non-hydrogen) atoms. The summed E-state index contributed by atoms with van der Waals surface area (Å²) < 4.78 is 13.6.